The van der Waals surface area contributed by atoms with Crippen LogP contribution in [-0.4, -0.2) is 30.8 Å². The number of nitrogens with one attached hydrogen (secondary N) is 1. The normalized spacial score (nSPS) is 13.1. The number of benzene rings is 3. The number of nitrogens with zero attached hydrogens (tertiary/aromatic N) is 3. The third-order valence-corrected chi connectivity index (χ3v) is 6.41. The average Bonchev–Trinajstić information content (AvgIpc) is 3.43. The van der Waals surface area contributed by atoms with E-state index < -0.39 is 5.54 Å². The molecule has 2 heterocycles. The molecule has 0 saturated carbocycles. The molecule has 7 nitrogen and oxygen atoms in total. The van der Waals surface area contributed by atoms with E-state index in [1.807, 2.05) is 74.0 Å². The minimum Gasteiger partial charge on any atom is -0.508 e. The van der Waals surface area contributed by atoms with E-state index in [1.54, 1.807) is 11.0 Å². The van der Waals surface area contributed by atoms with Crippen molar-refractivity contribution in [1.82, 2.24) is 14.7 Å². The SMILES string of the molecule is CC(C)(C)n1nc(-c2cccc(Cl)c2)cc1Nc1cc(O)cc(O)c1C(=O)N1Cc2ccccc2C1. The second kappa shape index (κ2) is 8.91. The van der Waals surface area contributed by atoms with Gasteiger partial charge in [-0.2, -0.15) is 5.10 Å². The van der Waals surface area contributed by atoms with Crippen molar-refractivity contribution >= 4 is 29.0 Å². The van der Waals surface area contributed by atoms with Gasteiger partial charge in [-0.1, -0.05) is 48.0 Å². The Hall–Kier alpha value is -3.97. The quantitative estimate of drug-likeness (QED) is 0.306. The highest BCUT2D eigenvalue weighted by molar-refractivity contribution is 6.30. The van der Waals surface area contributed by atoms with Gasteiger partial charge in [0.1, 0.15) is 22.9 Å². The van der Waals surface area contributed by atoms with E-state index in [0.29, 0.717) is 29.6 Å². The number of aromatic hydroxyl groups is 2. The van der Waals surface area contributed by atoms with Crippen LogP contribution in [0.15, 0.2) is 66.7 Å². The summed E-state index contributed by atoms with van der Waals surface area (Å²) in [6, 6.07) is 19.8. The smallest absolute Gasteiger partial charge is 0.260 e. The molecular weight excluding hydrogens is 476 g/mol. The summed E-state index contributed by atoms with van der Waals surface area (Å²) in [6.45, 7) is 6.95. The Morgan fingerprint density at radius 3 is 2.31 bits per heavy atom. The van der Waals surface area contributed by atoms with E-state index in [-0.39, 0.29) is 28.7 Å². The minimum atomic E-state index is -0.404. The molecule has 36 heavy (non-hydrogen) atoms. The zero-order chi connectivity index (χ0) is 25.6. The molecule has 3 N–H and O–H groups in total. The maximum atomic E-state index is 13.6. The molecule has 0 bridgehead atoms. The van der Waals surface area contributed by atoms with E-state index in [4.69, 9.17) is 16.7 Å². The summed E-state index contributed by atoms with van der Waals surface area (Å²) in [7, 11) is 0. The van der Waals surface area contributed by atoms with Gasteiger partial charge in [0.25, 0.3) is 5.91 Å². The fourth-order valence-corrected chi connectivity index (χ4v) is 4.67. The number of anilines is 2. The van der Waals surface area contributed by atoms with Crippen molar-refractivity contribution in [3.63, 3.8) is 0 Å². The molecule has 1 aromatic heterocycles. The second-order valence-electron chi connectivity index (χ2n) is 9.95. The first-order valence-electron chi connectivity index (χ1n) is 11.7. The Balaban J connectivity index is 1.55. The Labute approximate surface area is 214 Å². The molecule has 4 aromatic rings. The zero-order valence-electron chi connectivity index (χ0n) is 20.3. The standard InChI is InChI=1S/C28H27ClN4O3/c1-28(2,3)33-25(14-22(31-33)17-9-6-10-20(29)11-17)30-23-12-21(34)13-24(35)26(23)27(36)32-15-18-7-4-5-8-19(18)16-32/h4-14,30,34-35H,15-16H2,1-3H3. The van der Waals surface area contributed by atoms with Gasteiger partial charge in [-0.25, -0.2) is 4.68 Å². The number of carbonyl (C=O) groups is 1. The number of fused-ring (bicyclic) bond motifs is 1. The maximum Gasteiger partial charge on any atom is 0.260 e. The molecule has 1 amide bonds. The fourth-order valence-electron chi connectivity index (χ4n) is 4.48. The summed E-state index contributed by atoms with van der Waals surface area (Å²) < 4.78 is 1.81. The maximum absolute atomic E-state index is 13.6. The Bertz CT molecular complexity index is 1450. The van der Waals surface area contributed by atoms with E-state index in [1.165, 1.54) is 12.1 Å². The van der Waals surface area contributed by atoms with Crippen molar-refractivity contribution in [2.45, 2.75) is 39.4 Å². The third kappa shape index (κ3) is 4.50. The summed E-state index contributed by atoms with van der Waals surface area (Å²) in [5, 5.41) is 29.7. The lowest BCUT2D eigenvalue weighted by Gasteiger charge is -2.24. The van der Waals surface area contributed by atoms with Gasteiger partial charge in [0.05, 0.1) is 16.9 Å². The number of amides is 1. The molecule has 0 fully saturated rings. The van der Waals surface area contributed by atoms with E-state index in [0.717, 1.165) is 16.7 Å². The molecule has 184 valence electrons. The molecule has 3 aromatic carbocycles. The summed E-state index contributed by atoms with van der Waals surface area (Å²) in [4.78, 5) is 15.3. The average molecular weight is 503 g/mol. The van der Waals surface area contributed by atoms with E-state index in [2.05, 4.69) is 5.32 Å². The molecule has 0 radical (unpaired) electrons. The summed E-state index contributed by atoms with van der Waals surface area (Å²) in [5.41, 5.74) is 3.67. The molecule has 0 aliphatic carbocycles. The molecule has 0 spiro atoms. The van der Waals surface area contributed by atoms with Crippen molar-refractivity contribution in [2.24, 2.45) is 0 Å². The highest BCUT2D eigenvalue weighted by Gasteiger charge is 2.29. The Morgan fingerprint density at radius 1 is 0.972 bits per heavy atom. The molecular formula is C28H27ClN4O3. The van der Waals surface area contributed by atoms with Crippen LogP contribution in [0.2, 0.25) is 5.02 Å². The van der Waals surface area contributed by atoms with Crippen LogP contribution in [0.25, 0.3) is 11.3 Å². The lowest BCUT2D eigenvalue weighted by atomic mass is 10.1. The van der Waals surface area contributed by atoms with Crippen LogP contribution in [0.3, 0.4) is 0 Å². The van der Waals surface area contributed by atoms with Crippen LogP contribution in [-0.2, 0) is 18.6 Å². The lowest BCUT2D eigenvalue weighted by molar-refractivity contribution is 0.0749. The number of rotatable bonds is 4. The van der Waals surface area contributed by atoms with Gasteiger partial charge >= 0.3 is 0 Å². The van der Waals surface area contributed by atoms with Gasteiger partial charge < -0.3 is 20.4 Å². The topological polar surface area (TPSA) is 90.6 Å². The van der Waals surface area contributed by atoms with Crippen LogP contribution in [0, 0.1) is 0 Å². The van der Waals surface area contributed by atoms with Gasteiger partial charge in [0, 0.05) is 41.9 Å². The number of aromatic nitrogens is 2. The number of phenolic OH excluding ortho intramolecular Hbond substituents is 2. The zero-order valence-corrected chi connectivity index (χ0v) is 21.0. The fraction of sp³-hybridized carbons (Fsp3) is 0.214. The van der Waals surface area contributed by atoms with E-state index in [9.17, 15) is 15.0 Å². The van der Waals surface area contributed by atoms with Gasteiger partial charge in [-0.05, 0) is 44.0 Å². The van der Waals surface area contributed by atoms with Gasteiger partial charge in [-0.15, -0.1) is 0 Å². The van der Waals surface area contributed by atoms with Crippen molar-refractivity contribution in [1.29, 1.82) is 0 Å². The molecule has 0 unspecified atom stereocenters. The van der Waals surface area contributed by atoms with E-state index >= 15 is 0 Å². The van der Waals surface area contributed by atoms with Crippen LogP contribution in [0.4, 0.5) is 11.5 Å². The van der Waals surface area contributed by atoms with Gasteiger partial charge in [0.15, 0.2) is 0 Å². The first-order valence-corrected chi connectivity index (χ1v) is 12.0. The molecule has 8 heteroatoms. The minimum absolute atomic E-state index is 0.0894. The lowest BCUT2D eigenvalue weighted by Crippen LogP contribution is -2.27. The first-order chi connectivity index (χ1) is 17.1. The first kappa shape index (κ1) is 23.8. The molecule has 5 rings (SSSR count). The monoisotopic (exact) mass is 502 g/mol. The van der Waals surface area contributed by atoms with Gasteiger partial charge in [0.2, 0.25) is 0 Å². The summed E-state index contributed by atoms with van der Waals surface area (Å²) >= 11 is 6.20. The number of hydrogen-bond acceptors (Lipinski definition) is 5. The van der Waals surface area contributed by atoms with Crippen molar-refractivity contribution in [3.8, 4) is 22.8 Å². The highest BCUT2D eigenvalue weighted by Crippen LogP contribution is 2.37. The van der Waals surface area contributed by atoms with Crippen LogP contribution in [0.1, 0.15) is 42.3 Å². The van der Waals surface area contributed by atoms with Crippen LogP contribution in [0.5, 0.6) is 11.5 Å². The van der Waals surface area contributed by atoms with Gasteiger partial charge in [-0.3, -0.25) is 4.79 Å². The van der Waals surface area contributed by atoms with Crippen LogP contribution >= 0.6 is 11.6 Å². The predicted octanol–water partition coefficient (Wildman–Crippen LogP) is 6.27. The van der Waals surface area contributed by atoms with Crippen molar-refractivity contribution in [3.05, 3.63) is 88.4 Å². The largest absolute Gasteiger partial charge is 0.508 e. The third-order valence-electron chi connectivity index (χ3n) is 6.17. The molecule has 1 aliphatic rings. The summed E-state index contributed by atoms with van der Waals surface area (Å²) in [6.07, 6.45) is 0. The molecule has 1 aliphatic heterocycles. The van der Waals surface area contributed by atoms with Crippen molar-refractivity contribution < 1.29 is 15.0 Å². The number of phenols is 2. The predicted molar refractivity (Wildman–Crippen MR) is 141 cm³/mol. The number of halogens is 1. The Morgan fingerprint density at radius 2 is 1.67 bits per heavy atom. The second-order valence-corrected chi connectivity index (χ2v) is 10.4. The van der Waals surface area contributed by atoms with Crippen molar-refractivity contribution in [2.75, 3.05) is 5.32 Å². The molecule has 0 saturated heterocycles. The highest BCUT2D eigenvalue weighted by atomic mass is 35.5. The molecule has 0 atom stereocenters. The summed E-state index contributed by atoms with van der Waals surface area (Å²) in [5.74, 6) is -0.187. The number of hydrogen-bond donors (Lipinski definition) is 3. The van der Waals surface area contributed by atoms with Crippen LogP contribution < -0.4 is 5.32 Å². The number of carbonyl (C=O) groups excluding carboxylic acids is 1. The Kier molecular flexibility index (Phi) is 5.88.